The Morgan fingerprint density at radius 1 is 1.70 bits per heavy atom. The van der Waals surface area contributed by atoms with Crippen LogP contribution in [0, 0.1) is 0 Å². The van der Waals surface area contributed by atoms with Crippen molar-refractivity contribution in [2.45, 2.75) is 6.92 Å². The molecule has 0 saturated carbocycles. The summed E-state index contributed by atoms with van der Waals surface area (Å²) in [4.78, 5) is 4.03. The third kappa shape index (κ3) is 3.75. The Hall–Kier alpha value is -0.210. The molecule has 0 aromatic heterocycles. The van der Waals surface area contributed by atoms with Crippen LogP contribution < -0.4 is 0 Å². The lowest BCUT2D eigenvalue weighted by atomic mass is 10.6. The Morgan fingerprint density at radius 2 is 2.30 bits per heavy atom. The molecule has 1 nitrogen and oxygen atoms in total. The molecule has 0 N–H and O–H groups in total. The molecule has 0 heterocycles. The van der Waals surface area contributed by atoms with Gasteiger partial charge in [0.05, 0.1) is 5.03 Å². The molecule has 0 atom stereocenters. The number of rotatable bonds is 2. The van der Waals surface area contributed by atoms with Crippen molar-refractivity contribution in [3.8, 4) is 0 Å². The number of halogens is 1. The highest BCUT2D eigenvalue weighted by atomic mass is 35.5. The normalized spacial score (nSPS) is 12.5. The van der Waals surface area contributed by atoms with Crippen LogP contribution in [0.4, 0.5) is 0 Å². The van der Waals surface area contributed by atoms with E-state index in [0.717, 1.165) is 5.04 Å². The van der Waals surface area contributed by atoms with E-state index in [1.807, 2.05) is 19.3 Å². The molecule has 0 unspecified atom stereocenters. The summed E-state index contributed by atoms with van der Waals surface area (Å²) < 4.78 is 0. The van der Waals surface area contributed by atoms with E-state index in [-0.39, 0.29) is 0 Å². The zero-order chi connectivity index (χ0) is 7.98. The largest absolute Gasteiger partial charge is 0.249 e. The molecule has 0 aromatic carbocycles. The van der Waals surface area contributed by atoms with Gasteiger partial charge in [-0.3, -0.25) is 0 Å². The third-order valence-corrected chi connectivity index (χ3v) is 1.80. The molecule has 0 bridgehead atoms. The van der Waals surface area contributed by atoms with Gasteiger partial charge in [0, 0.05) is 6.20 Å². The lowest BCUT2D eigenvalue weighted by Crippen LogP contribution is -1.87. The van der Waals surface area contributed by atoms with Gasteiger partial charge in [0.15, 0.2) is 0 Å². The minimum Gasteiger partial charge on any atom is -0.249 e. The van der Waals surface area contributed by atoms with Gasteiger partial charge in [-0.15, -0.1) is 11.8 Å². The van der Waals surface area contributed by atoms with E-state index < -0.39 is 0 Å². The van der Waals surface area contributed by atoms with Gasteiger partial charge in [-0.25, -0.2) is 4.99 Å². The molecule has 0 aromatic rings. The van der Waals surface area contributed by atoms with E-state index in [1.54, 1.807) is 6.20 Å². The fraction of sp³-hybridized carbons (Fsp3) is 0.286. The Balaban J connectivity index is 4.18. The van der Waals surface area contributed by atoms with Crippen LogP contribution in [0.25, 0.3) is 0 Å². The van der Waals surface area contributed by atoms with Crippen LogP contribution in [-0.4, -0.2) is 11.3 Å². The monoisotopic (exact) mass is 175 g/mol. The standard InChI is InChI=1S/C7H10ClNS/c1-4-5-9-7(10-3)6(2)8/h4-5H,2H2,1,3H3/b5-4-,9-7+. The topological polar surface area (TPSA) is 12.4 Å². The fourth-order valence-corrected chi connectivity index (χ4v) is 1.04. The van der Waals surface area contributed by atoms with Crippen molar-refractivity contribution in [2.24, 2.45) is 4.99 Å². The first kappa shape index (κ1) is 9.79. The summed E-state index contributed by atoms with van der Waals surface area (Å²) in [7, 11) is 0. The lowest BCUT2D eigenvalue weighted by molar-refractivity contribution is 1.54. The SMILES string of the molecule is C=C(Cl)/C(=N\C=C/C)SC. The number of hydrogen-bond donors (Lipinski definition) is 0. The van der Waals surface area contributed by atoms with Crippen LogP contribution in [0.3, 0.4) is 0 Å². The second kappa shape index (κ2) is 5.57. The summed E-state index contributed by atoms with van der Waals surface area (Å²) >= 11 is 7.08. The van der Waals surface area contributed by atoms with Crippen LogP contribution in [0.1, 0.15) is 6.92 Å². The van der Waals surface area contributed by atoms with Crippen molar-refractivity contribution < 1.29 is 0 Å². The molecule has 0 aliphatic carbocycles. The number of hydrogen-bond acceptors (Lipinski definition) is 2. The smallest absolute Gasteiger partial charge is 0.114 e. The van der Waals surface area contributed by atoms with E-state index in [0.29, 0.717) is 5.03 Å². The highest BCUT2D eigenvalue weighted by Gasteiger charge is 1.95. The second-order valence-corrected chi connectivity index (χ2v) is 2.78. The van der Waals surface area contributed by atoms with Crippen LogP contribution in [-0.2, 0) is 0 Å². The molecule has 0 fully saturated rings. The van der Waals surface area contributed by atoms with Crippen molar-refractivity contribution in [3.05, 3.63) is 23.9 Å². The first-order chi connectivity index (χ1) is 4.72. The summed E-state index contributed by atoms with van der Waals surface area (Å²) in [5, 5.41) is 1.25. The molecular formula is C7H10ClNS. The number of nitrogens with zero attached hydrogens (tertiary/aromatic N) is 1. The fourth-order valence-electron chi connectivity index (χ4n) is 0.376. The van der Waals surface area contributed by atoms with Crippen LogP contribution in [0.5, 0.6) is 0 Å². The molecule has 56 valence electrons. The van der Waals surface area contributed by atoms with Gasteiger partial charge in [-0.1, -0.05) is 24.3 Å². The maximum atomic E-state index is 5.60. The Morgan fingerprint density at radius 3 is 2.60 bits per heavy atom. The summed E-state index contributed by atoms with van der Waals surface area (Å²) in [6.07, 6.45) is 5.45. The minimum atomic E-state index is 0.491. The molecule has 0 saturated heterocycles. The van der Waals surface area contributed by atoms with Gasteiger partial charge in [-0.05, 0) is 13.2 Å². The molecule has 0 aliphatic heterocycles. The van der Waals surface area contributed by atoms with E-state index in [9.17, 15) is 0 Å². The molecular weight excluding hydrogens is 166 g/mol. The maximum Gasteiger partial charge on any atom is 0.114 e. The third-order valence-electron chi connectivity index (χ3n) is 0.766. The molecule has 10 heavy (non-hydrogen) atoms. The number of allylic oxidation sites excluding steroid dienone is 1. The highest BCUT2D eigenvalue weighted by Crippen LogP contribution is 2.11. The van der Waals surface area contributed by atoms with Gasteiger partial charge in [0.1, 0.15) is 5.04 Å². The molecule has 0 aliphatic rings. The predicted molar refractivity (Wildman–Crippen MR) is 50.8 cm³/mol. The van der Waals surface area contributed by atoms with Crippen molar-refractivity contribution in [3.63, 3.8) is 0 Å². The zero-order valence-corrected chi connectivity index (χ0v) is 7.67. The number of thioether (sulfide) groups is 1. The minimum absolute atomic E-state index is 0.491. The molecule has 3 heteroatoms. The summed E-state index contributed by atoms with van der Waals surface area (Å²) in [6, 6.07) is 0. The Kier molecular flexibility index (Phi) is 5.45. The van der Waals surface area contributed by atoms with Gasteiger partial charge >= 0.3 is 0 Å². The average Bonchev–Trinajstić information content (AvgIpc) is 1.89. The van der Waals surface area contributed by atoms with Gasteiger partial charge in [0.25, 0.3) is 0 Å². The van der Waals surface area contributed by atoms with E-state index in [2.05, 4.69) is 11.6 Å². The maximum absolute atomic E-state index is 5.60. The molecule has 0 amide bonds. The Bertz CT molecular complexity index is 172. The molecule has 0 spiro atoms. The van der Waals surface area contributed by atoms with Crippen molar-refractivity contribution in [1.29, 1.82) is 0 Å². The molecule has 0 radical (unpaired) electrons. The van der Waals surface area contributed by atoms with Crippen molar-refractivity contribution >= 4 is 28.4 Å². The lowest BCUT2D eigenvalue weighted by Gasteiger charge is -1.94. The second-order valence-electron chi connectivity index (χ2n) is 1.53. The zero-order valence-electron chi connectivity index (χ0n) is 6.10. The predicted octanol–water partition coefficient (Wildman–Crippen LogP) is 3.03. The quantitative estimate of drug-likeness (QED) is 0.464. The molecule has 0 rings (SSSR count). The van der Waals surface area contributed by atoms with Gasteiger partial charge < -0.3 is 0 Å². The summed E-state index contributed by atoms with van der Waals surface area (Å²) in [6.45, 7) is 5.46. The first-order valence-corrected chi connectivity index (χ1v) is 4.40. The summed E-state index contributed by atoms with van der Waals surface area (Å²) in [5.74, 6) is 0. The van der Waals surface area contributed by atoms with Gasteiger partial charge in [0.2, 0.25) is 0 Å². The van der Waals surface area contributed by atoms with E-state index in [1.165, 1.54) is 11.8 Å². The van der Waals surface area contributed by atoms with Gasteiger partial charge in [-0.2, -0.15) is 0 Å². The Labute approximate surface area is 70.9 Å². The number of aliphatic imine (C=N–C) groups is 1. The van der Waals surface area contributed by atoms with Crippen LogP contribution in [0.15, 0.2) is 28.9 Å². The van der Waals surface area contributed by atoms with Crippen molar-refractivity contribution in [2.75, 3.05) is 6.26 Å². The van der Waals surface area contributed by atoms with E-state index in [4.69, 9.17) is 11.6 Å². The summed E-state index contributed by atoms with van der Waals surface area (Å²) in [5.41, 5.74) is 0. The average molecular weight is 176 g/mol. The van der Waals surface area contributed by atoms with Crippen LogP contribution >= 0.6 is 23.4 Å². The first-order valence-electron chi connectivity index (χ1n) is 2.80. The van der Waals surface area contributed by atoms with Crippen molar-refractivity contribution in [1.82, 2.24) is 0 Å². The van der Waals surface area contributed by atoms with Crippen LogP contribution in [0.2, 0.25) is 0 Å². The van der Waals surface area contributed by atoms with E-state index >= 15 is 0 Å². The highest BCUT2D eigenvalue weighted by molar-refractivity contribution is 8.14.